The Balaban J connectivity index is 4.66. The zero-order chi connectivity index (χ0) is 50.6. The molecular formula is C30H33F27NO5. The first-order valence-electron chi connectivity index (χ1n) is 17.2. The smallest absolute Gasteiger partial charge is 0.377 e. The van der Waals surface area contributed by atoms with Crippen LogP contribution >= 0.6 is 0 Å². The predicted octanol–water partition coefficient (Wildman–Crippen LogP) is 12.2. The van der Waals surface area contributed by atoms with E-state index in [1.807, 2.05) is 0 Å². The lowest BCUT2D eigenvalue weighted by Crippen LogP contribution is -2.71. The van der Waals surface area contributed by atoms with Crippen LogP contribution in [0.1, 0.15) is 66.2 Å². The number of hydroxylamine groups is 2. The zero-order valence-corrected chi connectivity index (χ0v) is 31.8. The first-order chi connectivity index (χ1) is 27.6. The average molecular weight is 1000 g/mol. The number of nitrogens with zero attached hydrogens (tertiary/aromatic N) is 1. The Morgan fingerprint density at radius 1 is 0.381 bits per heavy atom. The van der Waals surface area contributed by atoms with Gasteiger partial charge in [0.05, 0.1) is 49.0 Å². The fourth-order valence-electron chi connectivity index (χ4n) is 6.87. The molecule has 0 N–H and O–H groups in total. The summed E-state index contributed by atoms with van der Waals surface area (Å²) in [5.41, 5.74) is -32.6. The van der Waals surface area contributed by atoms with Crippen LogP contribution in [0, 0.1) is 5.41 Å². The molecule has 1 heterocycles. The summed E-state index contributed by atoms with van der Waals surface area (Å²) in [4.78, 5) is 0. The second kappa shape index (κ2) is 17.8. The Labute approximate surface area is 336 Å². The summed E-state index contributed by atoms with van der Waals surface area (Å²) in [6, 6.07) is 0. The third-order valence-corrected chi connectivity index (χ3v) is 10.7. The fourth-order valence-corrected chi connectivity index (χ4v) is 6.87. The van der Waals surface area contributed by atoms with E-state index in [1.54, 1.807) is 0 Å². The van der Waals surface area contributed by atoms with Gasteiger partial charge in [0.2, 0.25) is 0 Å². The van der Waals surface area contributed by atoms with Gasteiger partial charge in [0.25, 0.3) is 0 Å². The van der Waals surface area contributed by atoms with E-state index < -0.39 is 134 Å². The van der Waals surface area contributed by atoms with Gasteiger partial charge >= 0.3 is 72.4 Å². The van der Waals surface area contributed by atoms with Crippen molar-refractivity contribution in [1.82, 2.24) is 5.06 Å². The molecule has 1 aliphatic heterocycles. The molecule has 0 amide bonds. The Morgan fingerprint density at radius 3 is 0.730 bits per heavy atom. The van der Waals surface area contributed by atoms with E-state index in [0.29, 0.717) is 5.06 Å². The van der Waals surface area contributed by atoms with Gasteiger partial charge in [0, 0.05) is 0 Å². The minimum absolute atomic E-state index is 0.336. The zero-order valence-electron chi connectivity index (χ0n) is 31.8. The van der Waals surface area contributed by atoms with Gasteiger partial charge in [-0.05, 0) is 38.5 Å². The molecule has 1 aliphatic rings. The van der Waals surface area contributed by atoms with Crippen LogP contribution in [0.4, 0.5) is 119 Å². The highest BCUT2D eigenvalue weighted by atomic mass is 19.5. The van der Waals surface area contributed by atoms with Crippen LogP contribution in [0.25, 0.3) is 0 Å². The standard InChI is InChI=1S/C30H33F27NO5/c1-5-17(6-2)9-15(10-18(7-3,8-4)58(17)59)60-11-16(12-61-19(22(31,32)33,23(34,35)36)24(37,38)39,13-62-20(25(40,41)42,26(43,44)45)27(46,47)48)14-63-21(28(49,50)51,29(52,53)54)30(55,56)57/h15H,5-14H2,1-4H3. The molecule has 0 aromatic rings. The molecule has 1 fully saturated rings. The monoisotopic (exact) mass is 1000 g/mol. The summed E-state index contributed by atoms with van der Waals surface area (Å²) in [5.74, 6) is 0. The molecule has 0 bridgehead atoms. The van der Waals surface area contributed by atoms with Crippen LogP contribution < -0.4 is 0 Å². The van der Waals surface area contributed by atoms with Gasteiger partial charge in [0.15, 0.2) is 0 Å². The first-order valence-corrected chi connectivity index (χ1v) is 17.2. The molecule has 63 heavy (non-hydrogen) atoms. The van der Waals surface area contributed by atoms with Crippen LogP contribution in [0.15, 0.2) is 0 Å². The van der Waals surface area contributed by atoms with Crippen molar-refractivity contribution >= 4 is 0 Å². The van der Waals surface area contributed by atoms with E-state index in [0.717, 1.165) is 0 Å². The van der Waals surface area contributed by atoms with E-state index in [-0.39, 0.29) is 25.7 Å². The lowest BCUT2D eigenvalue weighted by Gasteiger charge is -2.55. The van der Waals surface area contributed by atoms with E-state index in [2.05, 4.69) is 14.2 Å². The molecule has 0 spiro atoms. The van der Waals surface area contributed by atoms with Crippen molar-refractivity contribution in [3.05, 3.63) is 0 Å². The number of ether oxygens (including phenoxy) is 4. The molecule has 0 atom stereocenters. The van der Waals surface area contributed by atoms with Crippen molar-refractivity contribution in [2.24, 2.45) is 5.41 Å². The van der Waals surface area contributed by atoms with E-state index in [9.17, 15) is 124 Å². The van der Waals surface area contributed by atoms with Gasteiger partial charge in [-0.3, -0.25) is 0 Å². The van der Waals surface area contributed by atoms with E-state index >= 15 is 0 Å². The Hall–Kier alpha value is -2.13. The summed E-state index contributed by atoms with van der Waals surface area (Å²) in [6.45, 7) is -9.97. The summed E-state index contributed by atoms with van der Waals surface area (Å²) < 4.78 is 389. The number of piperidine rings is 1. The third-order valence-electron chi connectivity index (χ3n) is 10.7. The normalized spacial score (nSPS) is 19.2. The van der Waals surface area contributed by atoms with Crippen LogP contribution in [-0.4, -0.2) is 121 Å². The van der Waals surface area contributed by atoms with Crippen LogP contribution in [0.5, 0.6) is 0 Å². The average Bonchev–Trinajstić information content (AvgIpc) is 3.02. The van der Waals surface area contributed by atoms with E-state index in [1.165, 1.54) is 27.7 Å². The van der Waals surface area contributed by atoms with Gasteiger partial charge in [-0.25, -0.2) is 0 Å². The lowest BCUT2D eigenvalue weighted by molar-refractivity contribution is -0.474. The molecule has 1 saturated heterocycles. The third kappa shape index (κ3) is 10.2. The Morgan fingerprint density at radius 2 is 0.571 bits per heavy atom. The number of rotatable bonds is 16. The summed E-state index contributed by atoms with van der Waals surface area (Å²) >= 11 is 0. The lowest BCUT2D eigenvalue weighted by atomic mass is 9.71. The molecule has 0 aliphatic carbocycles. The van der Waals surface area contributed by atoms with Gasteiger partial charge in [-0.2, -0.15) is 119 Å². The van der Waals surface area contributed by atoms with E-state index in [4.69, 9.17) is 4.74 Å². The molecule has 1 radical (unpaired) electrons. The minimum atomic E-state index is -8.07. The SMILES string of the molecule is CCC1(CC)CC(OCC(COC(C(F)(F)F)(C(F)(F)F)C(F)(F)F)(COC(C(F)(F)F)(C(F)(F)F)C(F)(F)F)COC(C(F)(F)F)(C(F)(F)F)C(F)(F)F)CC(CC)(CC)N1[O]. The molecule has 6 nitrogen and oxygen atoms in total. The van der Waals surface area contributed by atoms with Crippen molar-refractivity contribution in [2.45, 2.75) is 156 Å². The number of hydrogen-bond acceptors (Lipinski definition) is 5. The highest BCUT2D eigenvalue weighted by molar-refractivity contribution is 5.08. The minimum Gasteiger partial charge on any atom is -0.377 e. The summed E-state index contributed by atoms with van der Waals surface area (Å²) in [7, 11) is 0. The number of hydrogen-bond donors (Lipinski definition) is 0. The van der Waals surface area contributed by atoms with Gasteiger partial charge < -0.3 is 18.9 Å². The molecule has 1 rings (SSSR count). The van der Waals surface area contributed by atoms with Crippen LogP contribution in [-0.2, 0) is 24.2 Å². The molecule has 0 aromatic heterocycles. The number of alkyl halides is 27. The maximum Gasteiger partial charge on any atom is 0.435 e. The second-order valence-corrected chi connectivity index (χ2v) is 14.4. The molecule has 0 aromatic carbocycles. The molecule has 0 unspecified atom stereocenters. The largest absolute Gasteiger partial charge is 0.435 e. The first kappa shape index (κ1) is 58.9. The van der Waals surface area contributed by atoms with Crippen molar-refractivity contribution < 1.29 is 143 Å². The topological polar surface area (TPSA) is 60.1 Å². The molecule has 377 valence electrons. The number of halogens is 27. The van der Waals surface area contributed by atoms with Crippen molar-refractivity contribution in [1.29, 1.82) is 0 Å². The van der Waals surface area contributed by atoms with Crippen molar-refractivity contribution in [2.75, 3.05) is 26.4 Å². The fraction of sp³-hybridized carbons (Fsp3) is 1.00. The highest BCUT2D eigenvalue weighted by Gasteiger charge is 2.89. The Bertz CT molecular complexity index is 1210. The van der Waals surface area contributed by atoms with Crippen molar-refractivity contribution in [3.8, 4) is 0 Å². The van der Waals surface area contributed by atoms with Crippen molar-refractivity contribution in [3.63, 3.8) is 0 Å². The van der Waals surface area contributed by atoms with Gasteiger partial charge in [0.1, 0.15) is 0 Å². The maximum absolute atomic E-state index is 13.9. The predicted molar refractivity (Wildman–Crippen MR) is 151 cm³/mol. The van der Waals surface area contributed by atoms with Crippen LogP contribution in [0.3, 0.4) is 0 Å². The maximum atomic E-state index is 13.9. The Kier molecular flexibility index (Phi) is 16.7. The second-order valence-electron chi connectivity index (χ2n) is 14.4. The van der Waals surface area contributed by atoms with Crippen LogP contribution in [0.2, 0.25) is 0 Å². The summed E-state index contributed by atoms with van der Waals surface area (Å²) in [5, 5.41) is 14.0. The quantitative estimate of drug-likeness (QED) is 0.144. The molecule has 0 saturated carbocycles. The van der Waals surface area contributed by atoms with Gasteiger partial charge in [-0.15, -0.1) is 10.3 Å². The van der Waals surface area contributed by atoms with Gasteiger partial charge in [-0.1, -0.05) is 27.7 Å². The molecule has 33 heteroatoms. The molecular weight excluding hydrogens is 967 g/mol. The highest BCUT2D eigenvalue weighted by Crippen LogP contribution is 2.59. The summed E-state index contributed by atoms with van der Waals surface area (Å²) in [6.07, 6.45) is -77.9.